The Morgan fingerprint density at radius 1 is 1.10 bits per heavy atom. The van der Waals surface area contributed by atoms with E-state index in [-0.39, 0.29) is 29.9 Å². The lowest BCUT2D eigenvalue weighted by molar-refractivity contribution is -0.384. The molecule has 0 saturated carbocycles. The van der Waals surface area contributed by atoms with E-state index in [1.807, 2.05) is 30.3 Å². The maximum Gasteiger partial charge on any atom is 0.313 e. The molecule has 1 unspecified atom stereocenters. The second kappa shape index (κ2) is 9.61. The van der Waals surface area contributed by atoms with Crippen molar-refractivity contribution in [2.24, 2.45) is 0 Å². The van der Waals surface area contributed by atoms with Crippen LogP contribution in [-0.2, 0) is 19.1 Å². The van der Waals surface area contributed by atoms with Crippen molar-refractivity contribution in [3.05, 3.63) is 70.3 Å². The highest BCUT2D eigenvalue weighted by Gasteiger charge is 2.26. The van der Waals surface area contributed by atoms with Crippen molar-refractivity contribution in [2.45, 2.75) is 6.10 Å². The lowest BCUT2D eigenvalue weighted by atomic mass is 10.1. The van der Waals surface area contributed by atoms with Gasteiger partial charge in [0, 0.05) is 24.4 Å². The Morgan fingerprint density at radius 3 is 2.60 bits per heavy atom. The summed E-state index contributed by atoms with van der Waals surface area (Å²) in [5, 5.41) is 15.3. The zero-order valence-corrected chi connectivity index (χ0v) is 15.9. The van der Waals surface area contributed by atoms with Crippen molar-refractivity contribution in [1.29, 1.82) is 0 Å². The molecule has 1 atom stereocenters. The number of hydrogen-bond acceptors (Lipinski definition) is 6. The number of anilines is 1. The smallest absolute Gasteiger partial charge is 0.313 e. The van der Waals surface area contributed by atoms with Gasteiger partial charge in [0.15, 0.2) is 0 Å². The van der Waals surface area contributed by atoms with E-state index < -0.39 is 16.7 Å². The molecule has 1 saturated heterocycles. The lowest BCUT2D eigenvalue weighted by Gasteiger charge is -2.33. The van der Waals surface area contributed by atoms with Crippen LogP contribution in [0.5, 0.6) is 0 Å². The molecule has 0 spiro atoms. The largest absolute Gasteiger partial charge is 0.370 e. The van der Waals surface area contributed by atoms with E-state index in [4.69, 9.17) is 4.74 Å². The average Bonchev–Trinajstić information content (AvgIpc) is 2.78. The average molecular weight is 412 g/mol. The van der Waals surface area contributed by atoms with Gasteiger partial charge in [0.1, 0.15) is 6.10 Å². The summed E-state index contributed by atoms with van der Waals surface area (Å²) in [6, 6.07) is 14.7. The minimum absolute atomic E-state index is 0.106. The van der Waals surface area contributed by atoms with Crippen LogP contribution in [0.15, 0.2) is 54.6 Å². The fourth-order valence-corrected chi connectivity index (χ4v) is 2.98. The fraction of sp³-hybridized carbons (Fsp3) is 0.250. The third-order valence-electron chi connectivity index (χ3n) is 4.51. The molecule has 0 aliphatic carbocycles. The number of morpholine rings is 1. The number of amides is 3. The van der Waals surface area contributed by atoms with Crippen LogP contribution in [0.25, 0.3) is 0 Å². The van der Waals surface area contributed by atoms with E-state index in [2.05, 4.69) is 10.6 Å². The highest BCUT2D eigenvalue weighted by Crippen LogP contribution is 2.21. The molecule has 2 aromatic rings. The highest BCUT2D eigenvalue weighted by molar-refractivity contribution is 6.39. The molecule has 2 N–H and O–H groups in total. The van der Waals surface area contributed by atoms with E-state index in [0.717, 1.165) is 11.6 Å². The SMILES string of the molecule is O=C(NCC(=O)N1CCOC(c2ccccc2)C1)C(=O)Nc1cccc([N+](=O)[O-])c1. The first-order chi connectivity index (χ1) is 14.4. The van der Waals surface area contributed by atoms with E-state index in [1.54, 1.807) is 4.90 Å². The van der Waals surface area contributed by atoms with Gasteiger partial charge in [-0.25, -0.2) is 0 Å². The molecule has 156 valence electrons. The molecular weight excluding hydrogens is 392 g/mol. The van der Waals surface area contributed by atoms with Crippen LogP contribution in [0.1, 0.15) is 11.7 Å². The van der Waals surface area contributed by atoms with Crippen LogP contribution < -0.4 is 10.6 Å². The third-order valence-corrected chi connectivity index (χ3v) is 4.51. The molecule has 0 bridgehead atoms. The molecule has 3 rings (SSSR count). The summed E-state index contributed by atoms with van der Waals surface area (Å²) in [7, 11) is 0. The molecule has 0 aromatic heterocycles. The summed E-state index contributed by atoms with van der Waals surface area (Å²) < 4.78 is 5.71. The van der Waals surface area contributed by atoms with Crippen molar-refractivity contribution in [3.8, 4) is 0 Å². The summed E-state index contributed by atoms with van der Waals surface area (Å²) in [6.07, 6.45) is -0.253. The van der Waals surface area contributed by atoms with Crippen molar-refractivity contribution in [2.75, 3.05) is 31.6 Å². The molecule has 1 heterocycles. The molecule has 1 aliphatic rings. The van der Waals surface area contributed by atoms with Crippen LogP contribution >= 0.6 is 0 Å². The predicted octanol–water partition coefficient (Wildman–Crippen LogP) is 1.25. The standard InChI is InChI=1S/C20H20N4O6/c25-18(23-9-10-30-17(13-23)14-5-2-1-3-6-14)12-21-19(26)20(27)22-15-7-4-8-16(11-15)24(28)29/h1-8,11,17H,9-10,12-13H2,(H,21,26)(H,22,27). The maximum atomic E-state index is 12.4. The highest BCUT2D eigenvalue weighted by atomic mass is 16.6. The number of rotatable bonds is 5. The number of nitro groups is 1. The van der Waals surface area contributed by atoms with Crippen LogP contribution in [0, 0.1) is 10.1 Å². The van der Waals surface area contributed by atoms with Gasteiger partial charge in [0.2, 0.25) is 5.91 Å². The van der Waals surface area contributed by atoms with Crippen molar-refractivity contribution in [3.63, 3.8) is 0 Å². The molecule has 10 heteroatoms. The predicted molar refractivity (Wildman–Crippen MR) is 106 cm³/mol. The van der Waals surface area contributed by atoms with Gasteiger partial charge in [0.05, 0.1) is 24.6 Å². The van der Waals surface area contributed by atoms with Gasteiger partial charge >= 0.3 is 11.8 Å². The van der Waals surface area contributed by atoms with Crippen LogP contribution in [0.3, 0.4) is 0 Å². The van der Waals surface area contributed by atoms with Gasteiger partial charge in [-0.15, -0.1) is 0 Å². The Bertz CT molecular complexity index is 949. The Balaban J connectivity index is 1.50. The molecular formula is C20H20N4O6. The number of benzene rings is 2. The van der Waals surface area contributed by atoms with Crippen LogP contribution in [0.2, 0.25) is 0 Å². The normalized spacial score (nSPS) is 15.9. The van der Waals surface area contributed by atoms with Gasteiger partial charge < -0.3 is 20.3 Å². The number of ether oxygens (including phenoxy) is 1. The summed E-state index contributed by atoms with van der Waals surface area (Å²) >= 11 is 0. The second-order valence-electron chi connectivity index (χ2n) is 6.55. The zero-order valence-electron chi connectivity index (χ0n) is 15.9. The zero-order chi connectivity index (χ0) is 21.5. The quantitative estimate of drug-likeness (QED) is 0.432. The molecule has 1 aliphatic heterocycles. The second-order valence-corrected chi connectivity index (χ2v) is 6.55. The minimum Gasteiger partial charge on any atom is -0.370 e. The first-order valence-electron chi connectivity index (χ1n) is 9.22. The Labute approximate surface area is 172 Å². The molecule has 2 aromatic carbocycles. The Kier molecular flexibility index (Phi) is 6.71. The molecule has 10 nitrogen and oxygen atoms in total. The summed E-state index contributed by atoms with van der Waals surface area (Å²) in [6.45, 7) is 0.756. The van der Waals surface area contributed by atoms with Crippen LogP contribution in [-0.4, -0.2) is 53.8 Å². The minimum atomic E-state index is -1.02. The van der Waals surface area contributed by atoms with E-state index in [0.29, 0.717) is 19.7 Å². The van der Waals surface area contributed by atoms with E-state index in [9.17, 15) is 24.5 Å². The van der Waals surface area contributed by atoms with Crippen LogP contribution in [0.4, 0.5) is 11.4 Å². The number of nitrogens with zero attached hydrogens (tertiary/aromatic N) is 2. The number of non-ortho nitro benzene ring substituents is 1. The molecule has 0 radical (unpaired) electrons. The Morgan fingerprint density at radius 2 is 1.87 bits per heavy atom. The van der Waals surface area contributed by atoms with Gasteiger partial charge in [-0.3, -0.25) is 24.5 Å². The molecule has 1 fully saturated rings. The number of hydrogen-bond donors (Lipinski definition) is 2. The number of nitrogens with one attached hydrogen (secondary N) is 2. The van der Waals surface area contributed by atoms with Crippen molar-refractivity contribution >= 4 is 29.1 Å². The van der Waals surface area contributed by atoms with Gasteiger partial charge in [-0.1, -0.05) is 36.4 Å². The molecule has 30 heavy (non-hydrogen) atoms. The summed E-state index contributed by atoms with van der Waals surface area (Å²) in [5.74, 6) is -2.37. The van der Waals surface area contributed by atoms with E-state index in [1.165, 1.54) is 18.2 Å². The summed E-state index contributed by atoms with van der Waals surface area (Å²) in [5.41, 5.74) is 0.841. The first-order valence-corrected chi connectivity index (χ1v) is 9.22. The van der Waals surface area contributed by atoms with Crippen molar-refractivity contribution in [1.82, 2.24) is 10.2 Å². The third kappa shape index (κ3) is 5.39. The number of nitro benzene ring substituents is 1. The van der Waals surface area contributed by atoms with Gasteiger partial charge in [-0.05, 0) is 11.6 Å². The topological polar surface area (TPSA) is 131 Å². The van der Waals surface area contributed by atoms with E-state index >= 15 is 0 Å². The number of carbonyl (C=O) groups is 3. The maximum absolute atomic E-state index is 12.4. The summed E-state index contributed by atoms with van der Waals surface area (Å²) in [4.78, 5) is 48.1. The van der Waals surface area contributed by atoms with Crippen molar-refractivity contribution < 1.29 is 24.0 Å². The number of carbonyl (C=O) groups excluding carboxylic acids is 3. The van der Waals surface area contributed by atoms with Gasteiger partial charge in [0.25, 0.3) is 5.69 Å². The van der Waals surface area contributed by atoms with Gasteiger partial charge in [-0.2, -0.15) is 0 Å². The first kappa shape index (κ1) is 20.9. The monoisotopic (exact) mass is 412 g/mol. The Hall–Kier alpha value is -3.79. The molecule has 3 amide bonds. The fourth-order valence-electron chi connectivity index (χ4n) is 2.98. The lowest BCUT2D eigenvalue weighted by Crippen LogP contribution is -2.48.